The second-order valence-corrected chi connectivity index (χ2v) is 7.83. The van der Waals surface area contributed by atoms with Gasteiger partial charge in [0.2, 0.25) is 0 Å². The summed E-state index contributed by atoms with van der Waals surface area (Å²) in [6.45, 7) is 3.32. The van der Waals surface area contributed by atoms with Crippen LogP contribution in [-0.4, -0.2) is 29.9 Å². The lowest BCUT2D eigenvalue weighted by Gasteiger charge is -2.10. The average Bonchev–Trinajstić information content (AvgIpc) is 2.25. The summed E-state index contributed by atoms with van der Waals surface area (Å²) in [5.41, 5.74) is 0.633. The zero-order chi connectivity index (χ0) is 14.1. The fourth-order valence-electron chi connectivity index (χ4n) is 1.50. The highest BCUT2D eigenvalue weighted by Crippen LogP contribution is 2.25. The Labute approximate surface area is 114 Å². The normalized spacial score (nSPS) is 13.3. The minimum atomic E-state index is -3.57. The predicted octanol–water partition coefficient (Wildman–Crippen LogP) is 1.91. The van der Waals surface area contributed by atoms with Gasteiger partial charge in [0.25, 0.3) is 5.24 Å². The molecule has 0 fully saturated rings. The van der Waals surface area contributed by atoms with Gasteiger partial charge in [-0.2, -0.15) is 0 Å². The van der Waals surface area contributed by atoms with E-state index in [0.29, 0.717) is 11.3 Å². The molecular weight excluding hydrogens is 296 g/mol. The number of sulfone groups is 1. The molecule has 0 heterocycles. The van der Waals surface area contributed by atoms with Crippen LogP contribution in [0, 0.1) is 6.92 Å². The number of aryl methyl sites for hydroxylation is 1. The van der Waals surface area contributed by atoms with Crippen LogP contribution in [0.1, 0.15) is 22.8 Å². The van der Waals surface area contributed by atoms with Gasteiger partial charge in [0.15, 0.2) is 9.84 Å². The summed E-state index contributed by atoms with van der Waals surface area (Å²) < 4.78 is 35.2. The number of benzene rings is 1. The topological polar surface area (TPSA) is 68.3 Å². The Morgan fingerprint density at radius 2 is 1.94 bits per heavy atom. The molecular formula is C11H13ClO4S2. The van der Waals surface area contributed by atoms with Crippen LogP contribution in [0.3, 0.4) is 0 Å². The van der Waals surface area contributed by atoms with Crippen molar-refractivity contribution in [3.63, 3.8) is 0 Å². The molecule has 0 aliphatic rings. The van der Waals surface area contributed by atoms with Gasteiger partial charge in [-0.3, -0.25) is 9.00 Å². The van der Waals surface area contributed by atoms with Crippen molar-refractivity contribution in [2.24, 2.45) is 0 Å². The Balaban J connectivity index is 3.68. The van der Waals surface area contributed by atoms with Crippen molar-refractivity contribution >= 4 is 37.5 Å². The monoisotopic (exact) mass is 308 g/mol. The van der Waals surface area contributed by atoms with Crippen LogP contribution in [0.2, 0.25) is 0 Å². The van der Waals surface area contributed by atoms with Crippen molar-refractivity contribution in [3.8, 4) is 0 Å². The third kappa shape index (κ3) is 3.18. The zero-order valence-electron chi connectivity index (χ0n) is 10.2. The van der Waals surface area contributed by atoms with Crippen LogP contribution in [0.25, 0.3) is 0 Å². The fourth-order valence-corrected chi connectivity index (χ4v) is 4.09. The summed E-state index contributed by atoms with van der Waals surface area (Å²) in [4.78, 5) is 11.3. The SMILES string of the molecule is CCS(=O)c1cc(C)c(C(=O)Cl)cc1S(C)(=O)=O. The largest absolute Gasteiger partial charge is 0.276 e. The van der Waals surface area contributed by atoms with E-state index in [-0.39, 0.29) is 15.4 Å². The summed E-state index contributed by atoms with van der Waals surface area (Å²) in [6, 6.07) is 2.65. The third-order valence-electron chi connectivity index (χ3n) is 2.41. The van der Waals surface area contributed by atoms with E-state index >= 15 is 0 Å². The van der Waals surface area contributed by atoms with Gasteiger partial charge in [0.1, 0.15) is 0 Å². The smallest absolute Gasteiger partial charge is 0.252 e. The first-order chi connectivity index (χ1) is 8.18. The Morgan fingerprint density at radius 3 is 2.33 bits per heavy atom. The molecule has 1 atom stereocenters. The zero-order valence-corrected chi connectivity index (χ0v) is 12.6. The second kappa shape index (κ2) is 5.50. The molecule has 1 aromatic carbocycles. The summed E-state index contributed by atoms with van der Waals surface area (Å²) in [7, 11) is -4.98. The Bertz CT molecular complexity index is 620. The van der Waals surface area contributed by atoms with Gasteiger partial charge in [-0.1, -0.05) is 6.92 Å². The number of carbonyl (C=O) groups is 1. The van der Waals surface area contributed by atoms with E-state index in [1.54, 1.807) is 13.8 Å². The maximum Gasteiger partial charge on any atom is 0.252 e. The molecule has 0 radical (unpaired) electrons. The van der Waals surface area contributed by atoms with Crippen LogP contribution in [-0.2, 0) is 20.6 Å². The van der Waals surface area contributed by atoms with Crippen LogP contribution >= 0.6 is 11.6 Å². The number of carbonyl (C=O) groups excluding carboxylic acids is 1. The average molecular weight is 309 g/mol. The minimum absolute atomic E-state index is 0.0997. The molecule has 0 spiro atoms. The maximum absolute atomic E-state index is 11.8. The van der Waals surface area contributed by atoms with Crippen LogP contribution in [0.15, 0.2) is 21.9 Å². The predicted molar refractivity (Wildman–Crippen MR) is 71.4 cm³/mol. The molecule has 0 saturated heterocycles. The lowest BCUT2D eigenvalue weighted by Crippen LogP contribution is -2.08. The highest BCUT2D eigenvalue weighted by molar-refractivity contribution is 7.92. The molecule has 0 N–H and O–H groups in total. The van der Waals surface area contributed by atoms with Gasteiger partial charge in [-0.25, -0.2) is 8.42 Å². The maximum atomic E-state index is 11.8. The van der Waals surface area contributed by atoms with Crippen molar-refractivity contribution in [3.05, 3.63) is 23.3 Å². The first kappa shape index (κ1) is 15.3. The van der Waals surface area contributed by atoms with E-state index in [9.17, 15) is 17.4 Å². The van der Waals surface area contributed by atoms with Crippen molar-refractivity contribution in [1.29, 1.82) is 0 Å². The van der Waals surface area contributed by atoms with E-state index in [2.05, 4.69) is 0 Å². The van der Waals surface area contributed by atoms with E-state index in [0.717, 1.165) is 6.26 Å². The van der Waals surface area contributed by atoms with Gasteiger partial charge in [-0.15, -0.1) is 0 Å². The van der Waals surface area contributed by atoms with Crippen molar-refractivity contribution in [2.45, 2.75) is 23.6 Å². The van der Waals surface area contributed by atoms with E-state index in [1.165, 1.54) is 12.1 Å². The van der Waals surface area contributed by atoms with Crippen molar-refractivity contribution in [1.82, 2.24) is 0 Å². The van der Waals surface area contributed by atoms with Crippen LogP contribution < -0.4 is 0 Å². The third-order valence-corrected chi connectivity index (χ3v) is 5.23. The molecule has 100 valence electrons. The highest BCUT2D eigenvalue weighted by atomic mass is 35.5. The molecule has 18 heavy (non-hydrogen) atoms. The number of hydrogen-bond acceptors (Lipinski definition) is 4. The molecule has 0 aromatic heterocycles. The van der Waals surface area contributed by atoms with Gasteiger partial charge >= 0.3 is 0 Å². The summed E-state index contributed by atoms with van der Waals surface area (Å²) in [6.07, 6.45) is 1.01. The molecule has 0 saturated carbocycles. The van der Waals surface area contributed by atoms with Crippen LogP contribution in [0.4, 0.5) is 0 Å². The van der Waals surface area contributed by atoms with Gasteiger partial charge < -0.3 is 0 Å². The molecule has 1 unspecified atom stereocenters. The Kier molecular flexibility index (Phi) is 4.69. The van der Waals surface area contributed by atoms with Crippen molar-refractivity contribution in [2.75, 3.05) is 12.0 Å². The standard InChI is InChI=1S/C11H13ClO4S2/c1-4-17(14)9-5-7(2)8(11(12)13)6-10(9)18(3,15)16/h5-6H,4H2,1-3H3. The highest BCUT2D eigenvalue weighted by Gasteiger charge is 2.21. The molecule has 0 amide bonds. The van der Waals surface area contributed by atoms with Gasteiger partial charge in [-0.05, 0) is 36.2 Å². The van der Waals surface area contributed by atoms with E-state index in [1.807, 2.05) is 0 Å². The molecule has 1 rings (SSSR count). The molecule has 0 bridgehead atoms. The van der Waals surface area contributed by atoms with Crippen LogP contribution in [0.5, 0.6) is 0 Å². The second-order valence-electron chi connectivity index (χ2n) is 3.79. The molecule has 4 nitrogen and oxygen atoms in total. The first-order valence-electron chi connectivity index (χ1n) is 5.11. The quantitative estimate of drug-likeness (QED) is 0.797. The fraction of sp³-hybridized carbons (Fsp3) is 0.364. The summed E-state index contributed by atoms with van der Waals surface area (Å²) in [5.74, 6) is 0.302. The minimum Gasteiger partial charge on any atom is -0.276 e. The lowest BCUT2D eigenvalue weighted by atomic mass is 10.1. The van der Waals surface area contributed by atoms with Gasteiger partial charge in [0.05, 0.1) is 20.6 Å². The first-order valence-corrected chi connectivity index (χ1v) is 8.70. The molecule has 1 aromatic rings. The molecule has 7 heteroatoms. The summed E-state index contributed by atoms with van der Waals surface area (Å²) in [5, 5.41) is -0.730. The summed E-state index contributed by atoms with van der Waals surface area (Å²) >= 11 is 5.39. The molecule has 0 aliphatic heterocycles. The Hall–Kier alpha value is -0.720. The lowest BCUT2D eigenvalue weighted by molar-refractivity contribution is 0.108. The van der Waals surface area contributed by atoms with Crippen molar-refractivity contribution < 1.29 is 17.4 Å². The number of rotatable bonds is 4. The Morgan fingerprint density at radius 1 is 1.39 bits per heavy atom. The van der Waals surface area contributed by atoms with E-state index in [4.69, 9.17) is 11.6 Å². The molecule has 0 aliphatic carbocycles. The number of hydrogen-bond donors (Lipinski definition) is 0. The number of halogens is 1. The van der Waals surface area contributed by atoms with E-state index < -0.39 is 25.9 Å². The van der Waals surface area contributed by atoms with Gasteiger partial charge in [0, 0.05) is 17.6 Å².